The SMILES string of the molecule is C=CCOC(=O)CC[C@H](NC(=O)N[C@@H](CCCCN)C(=O)OCC)C(=O)OCC=C. The van der Waals surface area contributed by atoms with Gasteiger partial charge in [0.05, 0.1) is 6.61 Å². The summed E-state index contributed by atoms with van der Waals surface area (Å²) < 4.78 is 14.8. The molecule has 0 aliphatic heterocycles. The molecule has 4 N–H and O–H groups in total. The number of nitrogens with one attached hydrogen (secondary N) is 2. The second kappa shape index (κ2) is 17.0. The molecule has 0 unspecified atom stereocenters. The largest absolute Gasteiger partial charge is 0.464 e. The first-order chi connectivity index (χ1) is 14.4. The lowest BCUT2D eigenvalue weighted by Gasteiger charge is -2.21. The van der Waals surface area contributed by atoms with Gasteiger partial charge in [-0.1, -0.05) is 25.3 Å². The molecule has 0 aromatic carbocycles. The Hall–Kier alpha value is -2.88. The maximum Gasteiger partial charge on any atom is 0.329 e. The summed E-state index contributed by atoms with van der Waals surface area (Å²) in [6.07, 6.45) is 4.25. The Balaban J connectivity index is 4.98. The number of carbonyl (C=O) groups is 4. The molecule has 0 aliphatic rings. The number of nitrogens with two attached hydrogens (primary N) is 1. The first kappa shape index (κ1) is 27.1. The molecule has 30 heavy (non-hydrogen) atoms. The molecule has 170 valence electrons. The first-order valence-corrected chi connectivity index (χ1v) is 9.87. The second-order valence-electron chi connectivity index (χ2n) is 6.19. The second-order valence-corrected chi connectivity index (χ2v) is 6.19. The minimum absolute atomic E-state index is 0.0440. The Morgan fingerprint density at radius 3 is 2.03 bits per heavy atom. The van der Waals surface area contributed by atoms with E-state index < -0.39 is 36.0 Å². The van der Waals surface area contributed by atoms with Crippen molar-refractivity contribution in [2.75, 3.05) is 26.4 Å². The summed E-state index contributed by atoms with van der Waals surface area (Å²) in [5.74, 6) is -1.87. The number of unbranched alkanes of at least 4 members (excludes halogenated alkanes) is 1. The Kier molecular flexibility index (Phi) is 15.4. The maximum atomic E-state index is 12.4. The van der Waals surface area contributed by atoms with Crippen molar-refractivity contribution in [1.82, 2.24) is 10.6 Å². The van der Waals surface area contributed by atoms with Gasteiger partial charge in [0.2, 0.25) is 0 Å². The number of ether oxygens (including phenoxy) is 3. The zero-order chi connectivity index (χ0) is 22.8. The van der Waals surface area contributed by atoms with Gasteiger partial charge in [-0.3, -0.25) is 4.79 Å². The summed E-state index contributed by atoms with van der Waals surface area (Å²) >= 11 is 0. The number of hydrogen-bond donors (Lipinski definition) is 3. The summed E-state index contributed by atoms with van der Waals surface area (Å²) in [5, 5.41) is 4.94. The molecular formula is C20H33N3O7. The standard InChI is InChI=1S/C20H33N3O7/c1-4-13-29-17(24)11-10-16(19(26)30-14-5-2)23-20(27)22-15(9-7-8-12-21)18(25)28-6-3/h4-5,15-16H,1-2,6-14,21H2,3H3,(H2,22,23,27)/t15-,16-/m0/s1. The normalized spacial score (nSPS) is 12.1. The van der Waals surface area contributed by atoms with Crippen LogP contribution in [0.25, 0.3) is 0 Å². The van der Waals surface area contributed by atoms with E-state index in [-0.39, 0.29) is 32.7 Å². The van der Waals surface area contributed by atoms with Gasteiger partial charge in [0.25, 0.3) is 0 Å². The number of hydrogen-bond acceptors (Lipinski definition) is 8. The van der Waals surface area contributed by atoms with E-state index in [0.29, 0.717) is 25.8 Å². The third kappa shape index (κ3) is 12.6. The van der Waals surface area contributed by atoms with Crippen LogP contribution in [0, 0.1) is 0 Å². The lowest BCUT2D eigenvalue weighted by atomic mass is 10.1. The van der Waals surface area contributed by atoms with Crippen molar-refractivity contribution in [2.24, 2.45) is 5.73 Å². The van der Waals surface area contributed by atoms with Gasteiger partial charge >= 0.3 is 23.9 Å². The van der Waals surface area contributed by atoms with Gasteiger partial charge in [0, 0.05) is 6.42 Å². The van der Waals surface area contributed by atoms with Crippen molar-refractivity contribution in [1.29, 1.82) is 0 Å². The monoisotopic (exact) mass is 427 g/mol. The molecule has 10 heteroatoms. The van der Waals surface area contributed by atoms with Crippen molar-refractivity contribution < 1.29 is 33.4 Å². The molecule has 0 radical (unpaired) electrons. The van der Waals surface area contributed by atoms with Crippen LogP contribution in [0.15, 0.2) is 25.3 Å². The fourth-order valence-electron chi connectivity index (χ4n) is 2.32. The molecule has 0 rings (SSSR count). The van der Waals surface area contributed by atoms with E-state index in [1.54, 1.807) is 6.92 Å². The van der Waals surface area contributed by atoms with Crippen LogP contribution in [0.1, 0.15) is 39.0 Å². The number of carbonyl (C=O) groups excluding carboxylic acids is 4. The zero-order valence-electron chi connectivity index (χ0n) is 17.5. The summed E-state index contributed by atoms with van der Waals surface area (Å²) in [7, 11) is 0. The van der Waals surface area contributed by atoms with Gasteiger partial charge in [-0.25, -0.2) is 14.4 Å². The topological polar surface area (TPSA) is 146 Å². The number of amides is 2. The van der Waals surface area contributed by atoms with E-state index in [1.807, 2.05) is 0 Å². The Morgan fingerprint density at radius 1 is 0.900 bits per heavy atom. The van der Waals surface area contributed by atoms with Gasteiger partial charge in [-0.2, -0.15) is 0 Å². The third-order valence-corrected chi connectivity index (χ3v) is 3.76. The lowest BCUT2D eigenvalue weighted by molar-refractivity contribution is -0.146. The summed E-state index contributed by atoms with van der Waals surface area (Å²) in [5.41, 5.74) is 5.46. The molecule has 2 atom stereocenters. The molecule has 0 aliphatic carbocycles. The molecule has 0 heterocycles. The number of rotatable bonds is 16. The van der Waals surface area contributed by atoms with E-state index in [2.05, 4.69) is 23.8 Å². The van der Waals surface area contributed by atoms with Crippen molar-refractivity contribution in [2.45, 2.75) is 51.1 Å². The van der Waals surface area contributed by atoms with E-state index in [4.69, 9.17) is 19.9 Å². The zero-order valence-corrected chi connectivity index (χ0v) is 17.5. The molecule has 0 bridgehead atoms. The average Bonchev–Trinajstić information content (AvgIpc) is 2.72. The van der Waals surface area contributed by atoms with Crippen LogP contribution in [0.4, 0.5) is 4.79 Å². The highest BCUT2D eigenvalue weighted by Crippen LogP contribution is 2.05. The molecule has 10 nitrogen and oxygen atoms in total. The van der Waals surface area contributed by atoms with Crippen molar-refractivity contribution in [3.05, 3.63) is 25.3 Å². The smallest absolute Gasteiger partial charge is 0.329 e. The molecule has 0 spiro atoms. The van der Waals surface area contributed by atoms with E-state index in [1.165, 1.54) is 12.2 Å². The van der Waals surface area contributed by atoms with Crippen molar-refractivity contribution in [3.8, 4) is 0 Å². The lowest BCUT2D eigenvalue weighted by Crippen LogP contribution is -2.51. The summed E-state index contributed by atoms with van der Waals surface area (Å²) in [6.45, 7) is 9.17. The van der Waals surface area contributed by atoms with E-state index >= 15 is 0 Å². The van der Waals surface area contributed by atoms with Gasteiger partial charge in [0.1, 0.15) is 25.3 Å². The van der Waals surface area contributed by atoms with Crippen LogP contribution in [0.3, 0.4) is 0 Å². The minimum atomic E-state index is -1.12. The van der Waals surface area contributed by atoms with Crippen LogP contribution < -0.4 is 16.4 Å². The van der Waals surface area contributed by atoms with Crippen molar-refractivity contribution in [3.63, 3.8) is 0 Å². The first-order valence-electron chi connectivity index (χ1n) is 9.87. The highest BCUT2D eigenvalue weighted by Gasteiger charge is 2.27. The Labute approximate surface area is 177 Å². The predicted molar refractivity (Wildman–Crippen MR) is 110 cm³/mol. The molecule has 0 fully saturated rings. The van der Waals surface area contributed by atoms with E-state index in [9.17, 15) is 19.2 Å². The Bertz CT molecular complexity index is 581. The summed E-state index contributed by atoms with van der Waals surface area (Å²) in [4.78, 5) is 48.4. The highest BCUT2D eigenvalue weighted by molar-refractivity contribution is 5.87. The Morgan fingerprint density at radius 2 is 1.47 bits per heavy atom. The summed E-state index contributed by atoms with van der Waals surface area (Å²) in [6, 6.07) is -2.77. The van der Waals surface area contributed by atoms with Crippen LogP contribution in [0.5, 0.6) is 0 Å². The van der Waals surface area contributed by atoms with Gasteiger partial charge in [-0.05, 0) is 39.2 Å². The molecule has 0 saturated carbocycles. The average molecular weight is 427 g/mol. The molecule has 0 aromatic rings. The molecule has 0 saturated heterocycles. The number of urea groups is 1. The third-order valence-electron chi connectivity index (χ3n) is 3.76. The molecule has 0 aromatic heterocycles. The predicted octanol–water partition coefficient (Wildman–Crippen LogP) is 0.954. The highest BCUT2D eigenvalue weighted by atomic mass is 16.5. The number of esters is 3. The van der Waals surface area contributed by atoms with Gasteiger partial charge < -0.3 is 30.6 Å². The fourth-order valence-corrected chi connectivity index (χ4v) is 2.32. The fraction of sp³-hybridized carbons (Fsp3) is 0.600. The maximum absolute atomic E-state index is 12.4. The van der Waals surface area contributed by atoms with Crippen LogP contribution in [0.2, 0.25) is 0 Å². The quantitative estimate of drug-likeness (QED) is 0.143. The van der Waals surface area contributed by atoms with Crippen LogP contribution >= 0.6 is 0 Å². The van der Waals surface area contributed by atoms with E-state index in [0.717, 1.165) is 0 Å². The van der Waals surface area contributed by atoms with Gasteiger partial charge in [-0.15, -0.1) is 0 Å². The molecular weight excluding hydrogens is 394 g/mol. The van der Waals surface area contributed by atoms with Crippen molar-refractivity contribution >= 4 is 23.9 Å². The van der Waals surface area contributed by atoms with Gasteiger partial charge in [0.15, 0.2) is 0 Å². The minimum Gasteiger partial charge on any atom is -0.464 e. The van der Waals surface area contributed by atoms with Crippen LogP contribution in [-0.2, 0) is 28.6 Å². The van der Waals surface area contributed by atoms with Crippen LogP contribution in [-0.4, -0.2) is 62.4 Å². The molecule has 2 amide bonds.